The lowest BCUT2D eigenvalue weighted by molar-refractivity contribution is 0.629. The summed E-state index contributed by atoms with van der Waals surface area (Å²) in [4.78, 5) is 4.08. The fourth-order valence-corrected chi connectivity index (χ4v) is 1.59. The topological polar surface area (TPSA) is 36.7 Å². The molecule has 0 amide bonds. The molecule has 0 saturated carbocycles. The van der Waals surface area contributed by atoms with E-state index in [1.807, 2.05) is 6.07 Å². The molecule has 0 N–H and O–H groups in total. The number of aromatic nitrogens is 1. The number of hydrogen-bond donors (Lipinski definition) is 0. The quantitative estimate of drug-likeness (QED) is 0.693. The highest BCUT2D eigenvalue weighted by Crippen LogP contribution is 2.21. The van der Waals surface area contributed by atoms with E-state index in [1.165, 1.54) is 12.1 Å². The van der Waals surface area contributed by atoms with Crippen LogP contribution in [0.4, 0.5) is 4.39 Å². The predicted octanol–water partition coefficient (Wildman–Crippen LogP) is 3.09. The maximum absolute atomic E-state index is 12.9. The van der Waals surface area contributed by atoms with Crippen molar-refractivity contribution in [3.63, 3.8) is 0 Å². The molecule has 4 heteroatoms. The Bertz CT molecular complexity index is 560. The highest BCUT2D eigenvalue weighted by atomic mass is 35.5. The number of hydrogen-bond acceptors (Lipinski definition) is 2. The molecule has 1 aromatic heterocycles. The molecule has 1 heterocycles. The molecule has 2 aromatic rings. The van der Waals surface area contributed by atoms with E-state index in [4.69, 9.17) is 16.9 Å². The van der Waals surface area contributed by atoms with Crippen molar-refractivity contribution in [3.05, 3.63) is 40.8 Å². The summed E-state index contributed by atoms with van der Waals surface area (Å²) in [6, 6.07) is 7.94. The predicted molar refractivity (Wildman–Crippen MR) is 56.0 cm³/mol. The Hall–Kier alpha value is -1.66. The summed E-state index contributed by atoms with van der Waals surface area (Å²) in [5.74, 6) is -0.325. The maximum atomic E-state index is 12.9. The van der Waals surface area contributed by atoms with Crippen molar-refractivity contribution >= 4 is 22.5 Å². The Labute approximate surface area is 90.9 Å². The molecule has 0 unspecified atom stereocenters. The van der Waals surface area contributed by atoms with E-state index in [9.17, 15) is 4.39 Å². The van der Waals surface area contributed by atoms with E-state index in [2.05, 4.69) is 4.98 Å². The van der Waals surface area contributed by atoms with E-state index in [1.54, 1.807) is 12.1 Å². The minimum atomic E-state index is -0.325. The third kappa shape index (κ3) is 1.90. The van der Waals surface area contributed by atoms with Gasteiger partial charge in [0.2, 0.25) is 0 Å². The van der Waals surface area contributed by atoms with Crippen LogP contribution >= 0.6 is 11.6 Å². The third-order valence-electron chi connectivity index (χ3n) is 2.07. The van der Waals surface area contributed by atoms with Crippen LogP contribution in [0.5, 0.6) is 0 Å². The number of nitriles is 1. The van der Waals surface area contributed by atoms with E-state index >= 15 is 0 Å². The molecule has 0 atom stereocenters. The van der Waals surface area contributed by atoms with Gasteiger partial charge in [0.1, 0.15) is 11.0 Å². The zero-order chi connectivity index (χ0) is 10.8. The Morgan fingerprint density at radius 2 is 2.20 bits per heavy atom. The van der Waals surface area contributed by atoms with Crippen molar-refractivity contribution in [3.8, 4) is 6.07 Å². The number of fused-ring (bicyclic) bond motifs is 1. The molecule has 2 rings (SSSR count). The average Bonchev–Trinajstić information content (AvgIpc) is 2.20. The highest BCUT2D eigenvalue weighted by Gasteiger charge is 2.05. The summed E-state index contributed by atoms with van der Waals surface area (Å²) < 4.78 is 12.9. The standard InChI is InChI=1S/C11H6ClFN2/c12-11-7(3-4-14)5-8-6-9(13)1-2-10(8)15-11/h1-2,5-6H,3H2. The monoisotopic (exact) mass is 220 g/mol. The van der Waals surface area contributed by atoms with Gasteiger partial charge in [0.25, 0.3) is 0 Å². The molecule has 15 heavy (non-hydrogen) atoms. The smallest absolute Gasteiger partial charge is 0.134 e. The van der Waals surface area contributed by atoms with Crippen LogP contribution in [0.15, 0.2) is 24.3 Å². The van der Waals surface area contributed by atoms with Gasteiger partial charge >= 0.3 is 0 Å². The zero-order valence-electron chi connectivity index (χ0n) is 7.67. The van der Waals surface area contributed by atoms with Gasteiger partial charge in [0.15, 0.2) is 0 Å². The minimum Gasteiger partial charge on any atom is -0.236 e. The minimum absolute atomic E-state index is 0.179. The molecule has 0 radical (unpaired) electrons. The van der Waals surface area contributed by atoms with Crippen molar-refractivity contribution in [2.75, 3.05) is 0 Å². The average molecular weight is 221 g/mol. The van der Waals surface area contributed by atoms with Gasteiger partial charge in [-0.2, -0.15) is 5.26 Å². The first-order chi connectivity index (χ1) is 7.20. The van der Waals surface area contributed by atoms with Gasteiger partial charge in [-0.25, -0.2) is 9.37 Å². The molecule has 0 aliphatic heterocycles. The number of pyridine rings is 1. The molecule has 0 bridgehead atoms. The molecular weight excluding hydrogens is 215 g/mol. The molecule has 0 fully saturated rings. The fourth-order valence-electron chi connectivity index (χ4n) is 1.38. The lowest BCUT2D eigenvalue weighted by atomic mass is 10.1. The van der Waals surface area contributed by atoms with Gasteiger partial charge in [0.05, 0.1) is 18.0 Å². The first-order valence-corrected chi connectivity index (χ1v) is 4.70. The van der Waals surface area contributed by atoms with Crippen molar-refractivity contribution < 1.29 is 4.39 Å². The Balaban J connectivity index is 2.67. The van der Waals surface area contributed by atoms with Gasteiger partial charge in [-0.05, 0) is 24.3 Å². The number of nitrogens with zero attached hydrogens (tertiary/aromatic N) is 2. The van der Waals surface area contributed by atoms with Gasteiger partial charge in [-0.3, -0.25) is 0 Å². The Kier molecular flexibility index (Phi) is 2.53. The van der Waals surface area contributed by atoms with Crippen LogP contribution in [0, 0.1) is 17.1 Å². The van der Waals surface area contributed by atoms with E-state index in [0.29, 0.717) is 21.6 Å². The zero-order valence-corrected chi connectivity index (χ0v) is 8.42. The van der Waals surface area contributed by atoms with E-state index in [0.717, 1.165) is 0 Å². The summed E-state index contributed by atoms with van der Waals surface area (Å²) in [5, 5.41) is 9.52. The number of halogens is 2. The second-order valence-electron chi connectivity index (χ2n) is 3.11. The lowest BCUT2D eigenvalue weighted by Crippen LogP contribution is -1.89. The van der Waals surface area contributed by atoms with Crippen molar-refractivity contribution in [1.29, 1.82) is 5.26 Å². The second kappa shape index (κ2) is 3.84. The Morgan fingerprint density at radius 3 is 2.93 bits per heavy atom. The van der Waals surface area contributed by atoms with Crippen LogP contribution in [0.2, 0.25) is 5.15 Å². The molecule has 0 spiro atoms. The normalized spacial score (nSPS) is 10.2. The van der Waals surface area contributed by atoms with Crippen molar-refractivity contribution in [1.82, 2.24) is 4.98 Å². The lowest BCUT2D eigenvalue weighted by Gasteiger charge is -2.02. The summed E-state index contributed by atoms with van der Waals surface area (Å²) in [6.45, 7) is 0. The third-order valence-corrected chi connectivity index (χ3v) is 2.40. The number of rotatable bonds is 1. The van der Waals surface area contributed by atoms with Gasteiger partial charge < -0.3 is 0 Å². The van der Waals surface area contributed by atoms with Gasteiger partial charge in [0, 0.05) is 10.9 Å². The van der Waals surface area contributed by atoms with Crippen LogP contribution in [-0.4, -0.2) is 4.98 Å². The first kappa shape index (κ1) is 9.88. The molecule has 0 saturated heterocycles. The molecular formula is C11H6ClFN2. The molecule has 0 aliphatic carbocycles. The summed E-state index contributed by atoms with van der Waals surface area (Å²) in [6.07, 6.45) is 0.179. The van der Waals surface area contributed by atoms with Gasteiger partial charge in [-0.15, -0.1) is 0 Å². The van der Waals surface area contributed by atoms with Crippen LogP contribution in [0.3, 0.4) is 0 Å². The fraction of sp³-hybridized carbons (Fsp3) is 0.0909. The highest BCUT2D eigenvalue weighted by molar-refractivity contribution is 6.30. The van der Waals surface area contributed by atoms with E-state index < -0.39 is 0 Å². The van der Waals surface area contributed by atoms with Crippen LogP contribution in [0.25, 0.3) is 10.9 Å². The van der Waals surface area contributed by atoms with Crippen LogP contribution in [-0.2, 0) is 6.42 Å². The van der Waals surface area contributed by atoms with Crippen molar-refractivity contribution in [2.45, 2.75) is 6.42 Å². The molecule has 0 aliphatic rings. The van der Waals surface area contributed by atoms with Crippen LogP contribution in [0.1, 0.15) is 5.56 Å². The molecule has 1 aromatic carbocycles. The summed E-state index contributed by atoms with van der Waals surface area (Å²) >= 11 is 5.87. The SMILES string of the molecule is N#CCc1cc2cc(F)ccc2nc1Cl. The molecule has 74 valence electrons. The first-order valence-electron chi connectivity index (χ1n) is 4.32. The Morgan fingerprint density at radius 1 is 1.40 bits per heavy atom. The van der Waals surface area contributed by atoms with Gasteiger partial charge in [-0.1, -0.05) is 11.6 Å². The second-order valence-corrected chi connectivity index (χ2v) is 3.47. The van der Waals surface area contributed by atoms with Crippen LogP contribution < -0.4 is 0 Å². The largest absolute Gasteiger partial charge is 0.236 e. The van der Waals surface area contributed by atoms with E-state index in [-0.39, 0.29) is 12.2 Å². The summed E-state index contributed by atoms with van der Waals surface area (Å²) in [5.41, 5.74) is 1.25. The maximum Gasteiger partial charge on any atom is 0.134 e. The number of benzene rings is 1. The summed E-state index contributed by atoms with van der Waals surface area (Å²) in [7, 11) is 0. The molecule has 2 nitrogen and oxygen atoms in total. The van der Waals surface area contributed by atoms with Crippen molar-refractivity contribution in [2.24, 2.45) is 0 Å².